The molecule has 1 aromatic heterocycles. The minimum atomic E-state index is -1.59. The lowest BCUT2D eigenvalue weighted by molar-refractivity contribution is -0.142. The number of nitrogens with zero attached hydrogens (tertiary/aromatic N) is 2. The van der Waals surface area contributed by atoms with Gasteiger partial charge in [0.15, 0.2) is 11.5 Å². The third-order valence-electron chi connectivity index (χ3n) is 11.2. The van der Waals surface area contributed by atoms with E-state index in [2.05, 4.69) is 20.9 Å². The first-order chi connectivity index (χ1) is 31.2. The van der Waals surface area contributed by atoms with Gasteiger partial charge in [-0.25, -0.2) is 4.79 Å². The second kappa shape index (κ2) is 21.5. The van der Waals surface area contributed by atoms with E-state index < -0.39 is 66.1 Å². The highest BCUT2D eigenvalue weighted by Gasteiger charge is 2.35. The lowest BCUT2D eigenvalue weighted by Crippen LogP contribution is -2.53. The number of carboxylic acid groups (broad SMARTS) is 1. The van der Waals surface area contributed by atoms with Crippen LogP contribution in [-0.2, 0) is 37.6 Å². The molecule has 0 saturated carbocycles. The fraction of sp³-hybridized carbons (Fsp3) is 0.404. The molecule has 354 valence electrons. The highest BCUT2D eigenvalue weighted by molar-refractivity contribution is 6.00. The van der Waals surface area contributed by atoms with Crippen molar-refractivity contribution in [3.63, 3.8) is 0 Å². The molecule has 19 heteroatoms. The second-order valence-electron chi connectivity index (χ2n) is 17.2. The average molecular weight is 913 g/mol. The molecule has 3 aromatic carbocycles. The Morgan fingerprint density at radius 3 is 2.30 bits per heavy atom. The van der Waals surface area contributed by atoms with Crippen LogP contribution in [0.3, 0.4) is 0 Å². The standard InChI is InChI=1S/C47H60N8O11/c1-24-40(28(20-49)17-34(52-24)31-10-9-29(19-36(31)57)47(3,4)5)44(61)51-22-39(58)55(6)41-27-16-33(42(59)38(18-27)66-23-30(56)21-50)32-14-26(8-11-37(32)65-13-7-12-48)15-35(46(63)64)54-43(60)25(2)53-45(41)62/h8-11,14,16-19,25,30,35,41,56-57,59H,7,12-13,15,20-23,48-50H2,1-6H3,(H,51,61)(H,53,62)(H,54,60)(H,63,64)/t25-,30+,35-,41-/m0/s1. The number of aryl methyl sites for hydroxylation is 1. The summed E-state index contributed by atoms with van der Waals surface area (Å²) in [5.74, 6) is -4.99. The predicted molar refractivity (Wildman–Crippen MR) is 245 cm³/mol. The topological polar surface area (TPSA) is 315 Å². The van der Waals surface area contributed by atoms with Gasteiger partial charge in [-0.05, 0) is 96.9 Å². The van der Waals surface area contributed by atoms with Crippen LogP contribution in [0.4, 0.5) is 0 Å². The van der Waals surface area contributed by atoms with Crippen LogP contribution in [0.25, 0.3) is 22.4 Å². The Labute approximate surface area is 382 Å². The first-order valence-electron chi connectivity index (χ1n) is 21.4. The molecule has 0 saturated heterocycles. The average Bonchev–Trinajstić information content (AvgIpc) is 3.26. The number of rotatable bonds is 15. The number of nitrogens with one attached hydrogen (secondary N) is 3. The molecular formula is C47H60N8O11. The number of nitrogens with two attached hydrogens (primary N) is 3. The summed E-state index contributed by atoms with van der Waals surface area (Å²) in [7, 11) is 1.30. The van der Waals surface area contributed by atoms with Gasteiger partial charge in [0.25, 0.3) is 5.91 Å². The summed E-state index contributed by atoms with van der Waals surface area (Å²) in [4.78, 5) is 73.9. The van der Waals surface area contributed by atoms with Gasteiger partial charge in [0.2, 0.25) is 17.7 Å². The third-order valence-corrected chi connectivity index (χ3v) is 11.2. The molecule has 4 amide bonds. The number of aromatic nitrogens is 1. The van der Waals surface area contributed by atoms with Crippen molar-refractivity contribution in [2.45, 2.75) is 83.6 Å². The first kappa shape index (κ1) is 50.2. The van der Waals surface area contributed by atoms with Gasteiger partial charge in [0, 0.05) is 43.2 Å². The Bertz CT molecular complexity index is 2470. The first-order valence-corrected chi connectivity index (χ1v) is 21.4. The summed E-state index contributed by atoms with van der Waals surface area (Å²) < 4.78 is 11.9. The Hall–Kier alpha value is -6.80. The molecule has 0 fully saturated rings. The van der Waals surface area contributed by atoms with Crippen LogP contribution in [0.15, 0.2) is 54.6 Å². The predicted octanol–water partition coefficient (Wildman–Crippen LogP) is 1.88. The highest BCUT2D eigenvalue weighted by Crippen LogP contribution is 2.45. The van der Waals surface area contributed by atoms with Crippen molar-refractivity contribution in [2.24, 2.45) is 17.2 Å². The number of amides is 4. The molecule has 5 rings (SSSR count). The van der Waals surface area contributed by atoms with Crippen LogP contribution in [0.5, 0.6) is 23.0 Å². The largest absolute Gasteiger partial charge is 0.507 e. The zero-order chi connectivity index (χ0) is 48.6. The number of benzene rings is 3. The number of aliphatic hydroxyl groups is 1. The van der Waals surface area contributed by atoms with E-state index in [9.17, 15) is 44.4 Å². The van der Waals surface area contributed by atoms with Gasteiger partial charge >= 0.3 is 5.97 Å². The van der Waals surface area contributed by atoms with Crippen molar-refractivity contribution in [3.8, 4) is 45.4 Å². The minimum absolute atomic E-state index is 0.00167. The molecular weight excluding hydrogens is 853 g/mol. The molecule has 4 bridgehead atoms. The monoisotopic (exact) mass is 912 g/mol. The van der Waals surface area contributed by atoms with E-state index in [1.165, 1.54) is 26.1 Å². The number of aromatic hydroxyl groups is 2. The number of hydrogen-bond acceptors (Lipinski definition) is 14. The van der Waals surface area contributed by atoms with E-state index >= 15 is 0 Å². The van der Waals surface area contributed by atoms with E-state index in [4.69, 9.17) is 26.7 Å². The minimum Gasteiger partial charge on any atom is -0.507 e. The lowest BCUT2D eigenvalue weighted by atomic mass is 9.86. The number of aliphatic hydroxyl groups excluding tert-OH is 1. The number of phenols is 2. The number of carbonyl (C=O) groups is 5. The highest BCUT2D eigenvalue weighted by atomic mass is 16.5. The molecule has 66 heavy (non-hydrogen) atoms. The molecule has 0 spiro atoms. The van der Waals surface area contributed by atoms with Crippen molar-refractivity contribution in [1.82, 2.24) is 25.8 Å². The van der Waals surface area contributed by atoms with E-state index in [1.54, 1.807) is 43.3 Å². The number of hydrogen-bond donors (Lipinski definition) is 10. The molecule has 0 aliphatic carbocycles. The molecule has 2 heterocycles. The Balaban J connectivity index is 1.57. The van der Waals surface area contributed by atoms with Crippen molar-refractivity contribution in [1.29, 1.82) is 0 Å². The van der Waals surface area contributed by atoms with Gasteiger partial charge in [0.1, 0.15) is 42.3 Å². The van der Waals surface area contributed by atoms with Crippen LogP contribution in [-0.4, -0.2) is 118 Å². The number of likely N-dealkylation sites (N-methyl/N-ethyl adjacent to an activating group) is 1. The van der Waals surface area contributed by atoms with Crippen molar-refractivity contribution in [3.05, 3.63) is 88.1 Å². The fourth-order valence-corrected chi connectivity index (χ4v) is 7.38. The number of pyridine rings is 1. The zero-order valence-electron chi connectivity index (χ0n) is 37.9. The number of phenolic OH excluding ortho intramolecular Hbond substituents is 2. The van der Waals surface area contributed by atoms with Gasteiger partial charge in [-0.1, -0.05) is 32.9 Å². The fourth-order valence-electron chi connectivity index (χ4n) is 7.38. The third kappa shape index (κ3) is 11.7. The van der Waals surface area contributed by atoms with E-state index in [0.29, 0.717) is 35.3 Å². The van der Waals surface area contributed by atoms with Crippen molar-refractivity contribution >= 4 is 29.6 Å². The van der Waals surface area contributed by atoms with Crippen LogP contribution < -0.4 is 42.6 Å². The van der Waals surface area contributed by atoms with Gasteiger partial charge in [-0.2, -0.15) is 0 Å². The van der Waals surface area contributed by atoms with Gasteiger partial charge < -0.3 is 68.0 Å². The summed E-state index contributed by atoms with van der Waals surface area (Å²) in [6.07, 6.45) is -0.896. The summed E-state index contributed by atoms with van der Waals surface area (Å²) in [6.45, 7) is 8.17. The Morgan fingerprint density at radius 2 is 1.67 bits per heavy atom. The molecule has 1 aliphatic heterocycles. The number of carbonyl (C=O) groups excluding carboxylic acids is 4. The lowest BCUT2D eigenvalue weighted by Gasteiger charge is -2.30. The van der Waals surface area contributed by atoms with E-state index in [1.807, 2.05) is 26.8 Å². The normalized spacial score (nSPS) is 16.8. The smallest absolute Gasteiger partial charge is 0.326 e. The van der Waals surface area contributed by atoms with Gasteiger partial charge in [-0.15, -0.1) is 0 Å². The summed E-state index contributed by atoms with van der Waals surface area (Å²) in [6, 6.07) is 10.0. The van der Waals surface area contributed by atoms with Crippen molar-refractivity contribution in [2.75, 3.05) is 39.9 Å². The summed E-state index contributed by atoms with van der Waals surface area (Å²) in [5, 5.41) is 50.8. The maximum absolute atomic E-state index is 14.4. The van der Waals surface area contributed by atoms with Gasteiger partial charge in [0.05, 0.1) is 30.1 Å². The van der Waals surface area contributed by atoms with Crippen molar-refractivity contribution < 1.29 is 53.9 Å². The Kier molecular flexibility index (Phi) is 16.3. The van der Waals surface area contributed by atoms with Crippen LogP contribution in [0.1, 0.15) is 78.5 Å². The Morgan fingerprint density at radius 1 is 0.939 bits per heavy atom. The number of aliphatic carboxylic acids is 1. The van der Waals surface area contributed by atoms with Crippen LogP contribution in [0.2, 0.25) is 0 Å². The molecule has 0 radical (unpaired) electrons. The summed E-state index contributed by atoms with van der Waals surface area (Å²) in [5.41, 5.74) is 20.5. The van der Waals surface area contributed by atoms with E-state index in [0.717, 1.165) is 10.5 Å². The molecule has 19 nitrogen and oxygen atoms in total. The second-order valence-corrected chi connectivity index (χ2v) is 17.2. The molecule has 4 aromatic rings. The molecule has 1 aliphatic rings. The zero-order valence-corrected chi connectivity index (χ0v) is 37.9. The molecule has 4 atom stereocenters. The van der Waals surface area contributed by atoms with Gasteiger partial charge in [-0.3, -0.25) is 24.2 Å². The maximum atomic E-state index is 14.4. The number of ether oxygens (including phenoxy) is 2. The SMILES string of the molecule is Cc1nc(-c2ccc(C(C)(C)C)cc2O)cc(CN)c1C(=O)NCC(=O)N(C)[C@@H]1C(=O)N[C@@H](C)C(=O)N[C@H](C(=O)O)Cc2ccc(OCCCN)c(c2)-c2cc1cc(OC[C@H](O)CN)c2O. The molecule has 0 unspecified atom stereocenters. The number of fused-ring (bicyclic) bond motifs is 5. The van der Waals surface area contributed by atoms with Crippen LogP contribution in [0, 0.1) is 6.92 Å². The maximum Gasteiger partial charge on any atom is 0.326 e. The van der Waals surface area contributed by atoms with E-state index in [-0.39, 0.29) is 83.3 Å². The molecule has 13 N–H and O–H groups in total. The number of carboxylic acids is 1. The quantitative estimate of drug-likeness (QED) is 0.0762. The van der Waals surface area contributed by atoms with Crippen LogP contribution >= 0.6 is 0 Å². The summed E-state index contributed by atoms with van der Waals surface area (Å²) >= 11 is 0.